The van der Waals surface area contributed by atoms with E-state index in [0.29, 0.717) is 0 Å². The van der Waals surface area contributed by atoms with Crippen molar-refractivity contribution in [1.82, 2.24) is 0 Å². The SMILES string of the molecule is CC(C)=O.[Eu].[Eu]. The molecule has 0 amide bonds. The van der Waals surface area contributed by atoms with E-state index in [2.05, 4.69) is 0 Å². The van der Waals surface area contributed by atoms with Crippen molar-refractivity contribution in [3.63, 3.8) is 0 Å². The topological polar surface area (TPSA) is 17.1 Å². The number of ketones is 1. The molecule has 0 bridgehead atoms. The van der Waals surface area contributed by atoms with Gasteiger partial charge in [-0.05, 0) is 13.8 Å². The maximum absolute atomic E-state index is 9.44. The average molecular weight is 362 g/mol. The summed E-state index contributed by atoms with van der Waals surface area (Å²) in [6.45, 7) is 3.06. The van der Waals surface area contributed by atoms with Crippen LogP contribution in [-0.2, 0) is 4.79 Å². The van der Waals surface area contributed by atoms with Crippen molar-refractivity contribution in [2.24, 2.45) is 0 Å². The molecule has 6 heavy (non-hydrogen) atoms. The van der Waals surface area contributed by atoms with Gasteiger partial charge in [-0.1, -0.05) is 0 Å². The molecule has 2 radical (unpaired) electrons. The number of carbonyl (C=O) groups excluding carboxylic acids is 1. The van der Waals surface area contributed by atoms with E-state index in [0.717, 1.165) is 0 Å². The summed E-state index contributed by atoms with van der Waals surface area (Å²) in [5.74, 6) is 0.167. The molecular weight excluding hydrogens is 356 g/mol. The molecular formula is C3H6Eu2O. The molecule has 0 fully saturated rings. The van der Waals surface area contributed by atoms with Gasteiger partial charge in [0.25, 0.3) is 0 Å². The molecule has 0 atom stereocenters. The van der Waals surface area contributed by atoms with E-state index in [1.807, 2.05) is 0 Å². The first-order valence-electron chi connectivity index (χ1n) is 1.20. The van der Waals surface area contributed by atoms with Crippen molar-refractivity contribution in [3.05, 3.63) is 0 Å². The molecule has 1 nitrogen and oxygen atoms in total. The number of Topliss-reactive ketones (excluding diaryl/α,β-unsaturated/α-hetero) is 1. The maximum Gasteiger partial charge on any atom is 0.126 e. The molecule has 0 aliphatic carbocycles. The molecule has 0 aromatic heterocycles. The van der Waals surface area contributed by atoms with Crippen molar-refractivity contribution in [3.8, 4) is 0 Å². The van der Waals surface area contributed by atoms with Crippen LogP contribution in [0.15, 0.2) is 0 Å². The van der Waals surface area contributed by atoms with Crippen LogP contribution >= 0.6 is 0 Å². The smallest absolute Gasteiger partial charge is 0.126 e. The van der Waals surface area contributed by atoms with Gasteiger partial charge in [-0.15, -0.1) is 0 Å². The van der Waals surface area contributed by atoms with Crippen molar-refractivity contribution < 1.29 is 104 Å². The fourth-order valence-corrected chi connectivity index (χ4v) is 0. The first-order chi connectivity index (χ1) is 1.73. The van der Waals surface area contributed by atoms with Crippen molar-refractivity contribution >= 4 is 5.78 Å². The third-order valence-electron chi connectivity index (χ3n) is 0. The summed E-state index contributed by atoms with van der Waals surface area (Å²) in [6.07, 6.45) is 0. The van der Waals surface area contributed by atoms with Crippen LogP contribution < -0.4 is 0 Å². The van der Waals surface area contributed by atoms with E-state index in [4.69, 9.17) is 0 Å². The van der Waals surface area contributed by atoms with Crippen LogP contribution in [0.1, 0.15) is 13.8 Å². The predicted octanol–water partition coefficient (Wildman–Crippen LogP) is 0.595. The maximum atomic E-state index is 9.44. The number of hydrogen-bond donors (Lipinski definition) is 0. The summed E-state index contributed by atoms with van der Waals surface area (Å²) in [4.78, 5) is 9.44. The molecule has 0 rings (SSSR count). The third kappa shape index (κ3) is 28.9. The molecule has 0 aliphatic rings. The van der Waals surface area contributed by atoms with E-state index in [1.54, 1.807) is 0 Å². The van der Waals surface area contributed by atoms with Gasteiger partial charge >= 0.3 is 0 Å². The zero-order valence-electron chi connectivity index (χ0n) is 3.66. The molecule has 0 aromatic carbocycles. The minimum atomic E-state index is 0. The molecule has 0 heterocycles. The molecule has 3 heteroatoms. The van der Waals surface area contributed by atoms with Gasteiger partial charge in [0, 0.05) is 98.8 Å². The van der Waals surface area contributed by atoms with E-state index in [9.17, 15) is 4.79 Å². The van der Waals surface area contributed by atoms with Gasteiger partial charge in [-0.2, -0.15) is 0 Å². The van der Waals surface area contributed by atoms with Crippen LogP contribution in [0, 0.1) is 98.8 Å². The molecule has 0 N–H and O–H groups in total. The van der Waals surface area contributed by atoms with E-state index in [-0.39, 0.29) is 105 Å². The quantitative estimate of drug-likeness (QED) is 0.617. The van der Waals surface area contributed by atoms with E-state index < -0.39 is 0 Å². The summed E-state index contributed by atoms with van der Waals surface area (Å²) in [6, 6.07) is 0. The van der Waals surface area contributed by atoms with Gasteiger partial charge in [-0.3, -0.25) is 0 Å². The Bertz CT molecular complexity index is 31.8. The van der Waals surface area contributed by atoms with Crippen molar-refractivity contribution in [1.29, 1.82) is 0 Å². The summed E-state index contributed by atoms with van der Waals surface area (Å²) in [5.41, 5.74) is 0. The van der Waals surface area contributed by atoms with Crippen molar-refractivity contribution in [2.75, 3.05) is 0 Å². The van der Waals surface area contributed by atoms with Crippen LogP contribution in [0.4, 0.5) is 0 Å². The Hall–Kier alpha value is 2.84. The standard InChI is InChI=1S/C3H6O.2Eu/c1-3(2)4;;/h1-2H3;;. The van der Waals surface area contributed by atoms with Crippen LogP contribution in [0.3, 0.4) is 0 Å². The minimum Gasteiger partial charge on any atom is -0.300 e. The summed E-state index contributed by atoms with van der Waals surface area (Å²) >= 11 is 0. The molecule has 0 spiro atoms. The van der Waals surface area contributed by atoms with Gasteiger partial charge < -0.3 is 4.79 Å². The van der Waals surface area contributed by atoms with Gasteiger partial charge in [0.05, 0.1) is 0 Å². The average Bonchev–Trinajstić information content (AvgIpc) is 0.811. The molecule has 0 aromatic rings. The Morgan fingerprint density at radius 2 is 1.17 bits per heavy atom. The zero-order chi connectivity index (χ0) is 3.58. The number of carbonyl (C=O) groups is 1. The largest absolute Gasteiger partial charge is 0.300 e. The molecule has 0 aliphatic heterocycles. The Balaban J connectivity index is -0.0000000450. The summed E-state index contributed by atoms with van der Waals surface area (Å²) in [7, 11) is 0. The minimum absolute atomic E-state index is 0. The monoisotopic (exact) mass is 364 g/mol. The summed E-state index contributed by atoms with van der Waals surface area (Å²) in [5, 5.41) is 0. The zero-order valence-corrected chi connectivity index (χ0v) is 8.51. The second-order valence-electron chi connectivity index (χ2n) is 0.908. The molecule has 0 unspecified atom stereocenters. The molecule has 0 saturated heterocycles. The first kappa shape index (κ1) is 15.9. The second-order valence-corrected chi connectivity index (χ2v) is 0.908. The Morgan fingerprint density at radius 1 is 1.17 bits per heavy atom. The second kappa shape index (κ2) is 10.8. The van der Waals surface area contributed by atoms with Gasteiger partial charge in [-0.25, -0.2) is 0 Å². The van der Waals surface area contributed by atoms with Gasteiger partial charge in [0.2, 0.25) is 0 Å². The third-order valence-corrected chi connectivity index (χ3v) is 0. The van der Waals surface area contributed by atoms with Crippen molar-refractivity contribution in [2.45, 2.75) is 13.8 Å². The number of rotatable bonds is 0. The van der Waals surface area contributed by atoms with Crippen LogP contribution in [-0.4, -0.2) is 5.78 Å². The van der Waals surface area contributed by atoms with Crippen LogP contribution in [0.25, 0.3) is 0 Å². The van der Waals surface area contributed by atoms with Gasteiger partial charge in [0.1, 0.15) is 5.78 Å². The Labute approximate surface area is 120 Å². The Kier molecular flexibility index (Phi) is 28.6. The van der Waals surface area contributed by atoms with Crippen LogP contribution in [0.2, 0.25) is 0 Å². The molecule has 0 saturated carbocycles. The van der Waals surface area contributed by atoms with Gasteiger partial charge in [0.15, 0.2) is 0 Å². The van der Waals surface area contributed by atoms with Crippen LogP contribution in [0.5, 0.6) is 0 Å². The number of hydrogen-bond acceptors (Lipinski definition) is 1. The van der Waals surface area contributed by atoms with E-state index >= 15 is 0 Å². The Morgan fingerprint density at radius 3 is 1.17 bits per heavy atom. The summed E-state index contributed by atoms with van der Waals surface area (Å²) < 4.78 is 0. The molecule has 38 valence electrons. The fourth-order valence-electron chi connectivity index (χ4n) is 0. The predicted molar refractivity (Wildman–Crippen MR) is 16.4 cm³/mol. The van der Waals surface area contributed by atoms with E-state index in [1.165, 1.54) is 13.8 Å². The fraction of sp³-hybridized carbons (Fsp3) is 0.667. The normalized spacial score (nSPS) is 4.33. The first-order valence-corrected chi connectivity index (χ1v) is 1.20.